The van der Waals surface area contributed by atoms with Crippen LogP contribution < -0.4 is 10.6 Å². The molecule has 0 radical (unpaired) electrons. The van der Waals surface area contributed by atoms with Crippen molar-refractivity contribution in [2.75, 3.05) is 19.0 Å². The van der Waals surface area contributed by atoms with Gasteiger partial charge in [-0.3, -0.25) is 4.79 Å². The number of benzene rings is 1. The monoisotopic (exact) mass is 206 g/mol. The van der Waals surface area contributed by atoms with Gasteiger partial charge in [-0.05, 0) is 38.1 Å². The van der Waals surface area contributed by atoms with E-state index >= 15 is 0 Å². The molecule has 1 aromatic rings. The summed E-state index contributed by atoms with van der Waals surface area (Å²) in [5.41, 5.74) is 6.67. The summed E-state index contributed by atoms with van der Waals surface area (Å²) in [7, 11) is 3.92. The fourth-order valence-electron chi connectivity index (χ4n) is 1.28. The second-order valence-electron chi connectivity index (χ2n) is 4.49. The Bertz CT molecular complexity index is 347. The summed E-state index contributed by atoms with van der Waals surface area (Å²) in [6, 6.07) is 7.45. The Morgan fingerprint density at radius 2 is 1.67 bits per heavy atom. The Balaban J connectivity index is 2.95. The quantitative estimate of drug-likeness (QED) is 0.765. The number of carbonyl (C=O) groups excluding carboxylic acids is 1. The molecule has 0 aliphatic rings. The summed E-state index contributed by atoms with van der Waals surface area (Å²) in [6.45, 7) is 3.43. The number of Topliss-reactive ketones (excluding diaryl/α,β-unsaturated/α-hetero) is 1. The van der Waals surface area contributed by atoms with E-state index in [1.165, 1.54) is 0 Å². The lowest BCUT2D eigenvalue weighted by molar-refractivity contribution is 0.0913. The highest BCUT2D eigenvalue weighted by Gasteiger charge is 2.23. The average molecular weight is 206 g/mol. The van der Waals surface area contributed by atoms with Crippen molar-refractivity contribution < 1.29 is 4.79 Å². The van der Waals surface area contributed by atoms with E-state index in [4.69, 9.17) is 5.73 Å². The van der Waals surface area contributed by atoms with Crippen LogP contribution in [0, 0.1) is 0 Å². The number of ketones is 1. The summed E-state index contributed by atoms with van der Waals surface area (Å²) in [5.74, 6) is -0.0344. The van der Waals surface area contributed by atoms with Crippen LogP contribution in [-0.4, -0.2) is 25.4 Å². The molecule has 0 saturated heterocycles. The first-order valence-electron chi connectivity index (χ1n) is 4.93. The van der Waals surface area contributed by atoms with Gasteiger partial charge in [0, 0.05) is 25.3 Å². The molecule has 0 aliphatic carbocycles. The first-order chi connectivity index (χ1) is 6.82. The van der Waals surface area contributed by atoms with Gasteiger partial charge in [-0.15, -0.1) is 0 Å². The second kappa shape index (κ2) is 4.03. The van der Waals surface area contributed by atoms with Crippen LogP contribution in [0.3, 0.4) is 0 Å². The predicted molar refractivity (Wildman–Crippen MR) is 63.4 cm³/mol. The summed E-state index contributed by atoms with van der Waals surface area (Å²) in [5, 5.41) is 0. The van der Waals surface area contributed by atoms with Crippen LogP contribution in [-0.2, 0) is 0 Å². The van der Waals surface area contributed by atoms with Gasteiger partial charge < -0.3 is 10.6 Å². The van der Waals surface area contributed by atoms with Gasteiger partial charge in [-0.2, -0.15) is 0 Å². The van der Waals surface area contributed by atoms with Crippen LogP contribution in [0.2, 0.25) is 0 Å². The molecule has 1 rings (SSSR count). The van der Waals surface area contributed by atoms with E-state index < -0.39 is 5.54 Å². The van der Waals surface area contributed by atoms with Crippen molar-refractivity contribution in [3.05, 3.63) is 29.8 Å². The van der Waals surface area contributed by atoms with Crippen LogP contribution in [0.25, 0.3) is 0 Å². The lowest BCUT2D eigenvalue weighted by Gasteiger charge is -2.18. The highest BCUT2D eigenvalue weighted by atomic mass is 16.1. The highest BCUT2D eigenvalue weighted by molar-refractivity contribution is 6.02. The van der Waals surface area contributed by atoms with Crippen LogP contribution >= 0.6 is 0 Å². The van der Waals surface area contributed by atoms with E-state index in [0.717, 1.165) is 5.69 Å². The molecular weight excluding hydrogens is 188 g/mol. The van der Waals surface area contributed by atoms with Crippen LogP contribution in [0.15, 0.2) is 24.3 Å². The maximum Gasteiger partial charge on any atom is 0.182 e. The van der Waals surface area contributed by atoms with Gasteiger partial charge in [0.25, 0.3) is 0 Å². The first kappa shape index (κ1) is 11.7. The van der Waals surface area contributed by atoms with Crippen LogP contribution in [0.5, 0.6) is 0 Å². The molecule has 0 unspecified atom stereocenters. The van der Waals surface area contributed by atoms with E-state index in [0.29, 0.717) is 5.56 Å². The predicted octanol–water partition coefficient (Wildman–Crippen LogP) is 1.67. The van der Waals surface area contributed by atoms with Gasteiger partial charge in [0.2, 0.25) is 0 Å². The molecule has 0 atom stereocenters. The Hall–Kier alpha value is -1.35. The van der Waals surface area contributed by atoms with Crippen molar-refractivity contribution in [2.24, 2.45) is 5.73 Å². The van der Waals surface area contributed by atoms with Gasteiger partial charge in [0.15, 0.2) is 5.78 Å². The Morgan fingerprint density at radius 1 is 1.20 bits per heavy atom. The van der Waals surface area contributed by atoms with E-state index in [-0.39, 0.29) is 5.78 Å². The fraction of sp³-hybridized carbons (Fsp3) is 0.417. The summed E-state index contributed by atoms with van der Waals surface area (Å²) in [6.07, 6.45) is 0. The van der Waals surface area contributed by atoms with Gasteiger partial charge in [-0.25, -0.2) is 0 Å². The minimum absolute atomic E-state index is 0.0344. The fourth-order valence-corrected chi connectivity index (χ4v) is 1.28. The Labute approximate surface area is 90.9 Å². The molecule has 82 valence electrons. The van der Waals surface area contributed by atoms with Crippen molar-refractivity contribution in [1.29, 1.82) is 0 Å². The van der Waals surface area contributed by atoms with E-state index in [9.17, 15) is 4.79 Å². The van der Waals surface area contributed by atoms with Crippen LogP contribution in [0.4, 0.5) is 5.69 Å². The minimum Gasteiger partial charge on any atom is -0.378 e. The average Bonchev–Trinajstić information content (AvgIpc) is 2.15. The molecule has 0 aromatic heterocycles. The van der Waals surface area contributed by atoms with Gasteiger partial charge >= 0.3 is 0 Å². The SMILES string of the molecule is CN(C)c1ccc(C(=O)C(C)(C)N)cc1. The topological polar surface area (TPSA) is 46.3 Å². The lowest BCUT2D eigenvalue weighted by Crippen LogP contribution is -2.41. The van der Waals surface area contributed by atoms with Crippen molar-refractivity contribution in [2.45, 2.75) is 19.4 Å². The molecule has 0 spiro atoms. The number of anilines is 1. The molecule has 0 heterocycles. The molecule has 0 bridgehead atoms. The second-order valence-corrected chi connectivity index (χ2v) is 4.49. The highest BCUT2D eigenvalue weighted by Crippen LogP contribution is 2.15. The van der Waals surface area contributed by atoms with E-state index in [1.54, 1.807) is 13.8 Å². The molecule has 0 fully saturated rings. The third-order valence-electron chi connectivity index (χ3n) is 2.23. The van der Waals surface area contributed by atoms with Crippen molar-refractivity contribution in [1.82, 2.24) is 0 Å². The number of hydrogen-bond acceptors (Lipinski definition) is 3. The normalized spacial score (nSPS) is 11.3. The zero-order valence-electron chi connectivity index (χ0n) is 9.74. The largest absolute Gasteiger partial charge is 0.378 e. The number of nitrogens with zero attached hydrogens (tertiary/aromatic N) is 1. The van der Waals surface area contributed by atoms with E-state index in [1.807, 2.05) is 43.3 Å². The zero-order chi connectivity index (χ0) is 11.6. The van der Waals surface area contributed by atoms with Crippen molar-refractivity contribution >= 4 is 11.5 Å². The van der Waals surface area contributed by atoms with Crippen molar-refractivity contribution in [3.8, 4) is 0 Å². The molecule has 2 N–H and O–H groups in total. The first-order valence-corrected chi connectivity index (χ1v) is 4.93. The Kier molecular flexibility index (Phi) is 3.15. The number of carbonyl (C=O) groups is 1. The van der Waals surface area contributed by atoms with Crippen molar-refractivity contribution in [3.63, 3.8) is 0 Å². The molecule has 0 aliphatic heterocycles. The van der Waals surface area contributed by atoms with Crippen LogP contribution in [0.1, 0.15) is 24.2 Å². The maximum atomic E-state index is 11.8. The summed E-state index contributed by atoms with van der Waals surface area (Å²) >= 11 is 0. The number of nitrogens with two attached hydrogens (primary N) is 1. The molecule has 3 nitrogen and oxygen atoms in total. The van der Waals surface area contributed by atoms with E-state index in [2.05, 4.69) is 0 Å². The smallest absolute Gasteiger partial charge is 0.182 e. The zero-order valence-corrected chi connectivity index (χ0v) is 9.74. The van der Waals surface area contributed by atoms with Gasteiger partial charge in [0.1, 0.15) is 0 Å². The Morgan fingerprint density at radius 3 is 2.00 bits per heavy atom. The standard InChI is InChI=1S/C12H18N2O/c1-12(2,13)11(15)9-5-7-10(8-6-9)14(3)4/h5-8H,13H2,1-4H3. The maximum absolute atomic E-state index is 11.8. The molecule has 0 amide bonds. The third-order valence-corrected chi connectivity index (χ3v) is 2.23. The summed E-state index contributed by atoms with van der Waals surface area (Å²) < 4.78 is 0. The van der Waals surface area contributed by atoms with Gasteiger partial charge in [0.05, 0.1) is 5.54 Å². The van der Waals surface area contributed by atoms with Gasteiger partial charge in [-0.1, -0.05) is 0 Å². The molecular formula is C12H18N2O. The third kappa shape index (κ3) is 2.80. The molecule has 1 aromatic carbocycles. The number of rotatable bonds is 3. The lowest BCUT2D eigenvalue weighted by atomic mass is 9.94. The molecule has 15 heavy (non-hydrogen) atoms. The molecule has 0 saturated carbocycles. The summed E-state index contributed by atoms with van der Waals surface area (Å²) in [4.78, 5) is 13.8. The molecule has 3 heteroatoms. The minimum atomic E-state index is -0.806. The number of hydrogen-bond donors (Lipinski definition) is 1.